The van der Waals surface area contributed by atoms with Gasteiger partial charge in [-0.3, -0.25) is 4.79 Å². The van der Waals surface area contributed by atoms with Crippen LogP contribution < -0.4 is 5.56 Å². The van der Waals surface area contributed by atoms with Crippen LogP contribution in [0.15, 0.2) is 71.5 Å². The second-order valence-electron chi connectivity index (χ2n) is 5.77. The minimum absolute atomic E-state index is 0.0849. The molecule has 0 fully saturated rings. The monoisotopic (exact) mass is 336 g/mol. The predicted octanol–water partition coefficient (Wildman–Crippen LogP) is 2.58. The van der Waals surface area contributed by atoms with Crippen molar-refractivity contribution in [1.82, 2.24) is 9.78 Å². The average molecular weight is 336 g/mol. The van der Waals surface area contributed by atoms with E-state index < -0.39 is 6.10 Å². The predicted molar refractivity (Wildman–Crippen MR) is 97.3 cm³/mol. The maximum atomic E-state index is 12.5. The minimum atomic E-state index is -0.790. The van der Waals surface area contributed by atoms with E-state index in [1.807, 2.05) is 60.7 Å². The topological polar surface area (TPSA) is 64.3 Å². The Morgan fingerprint density at radius 3 is 2.24 bits per heavy atom. The van der Waals surface area contributed by atoms with Crippen LogP contribution in [0, 0.1) is 0 Å². The van der Waals surface area contributed by atoms with Crippen LogP contribution in [-0.4, -0.2) is 34.7 Å². The molecule has 0 radical (unpaired) electrons. The average Bonchev–Trinajstić information content (AvgIpc) is 2.65. The molecular formula is C20H20N2O3. The molecular weight excluding hydrogens is 316 g/mol. The highest BCUT2D eigenvalue weighted by Gasteiger charge is 2.14. The summed E-state index contributed by atoms with van der Waals surface area (Å²) in [6, 6.07) is 21.0. The Balaban J connectivity index is 2.12. The molecule has 1 aromatic heterocycles. The third kappa shape index (κ3) is 4.02. The number of hydrogen-bond donors (Lipinski definition) is 1. The van der Waals surface area contributed by atoms with Crippen LogP contribution in [0.2, 0.25) is 0 Å². The lowest BCUT2D eigenvalue weighted by Crippen LogP contribution is -2.31. The molecule has 128 valence electrons. The number of aliphatic hydroxyl groups is 1. The molecule has 5 nitrogen and oxygen atoms in total. The number of methoxy groups -OCH3 is 1. The van der Waals surface area contributed by atoms with Crippen LogP contribution in [0.5, 0.6) is 0 Å². The van der Waals surface area contributed by atoms with Gasteiger partial charge in [-0.15, -0.1) is 0 Å². The molecule has 1 atom stereocenters. The normalized spacial score (nSPS) is 12.1. The number of hydrogen-bond acceptors (Lipinski definition) is 4. The quantitative estimate of drug-likeness (QED) is 0.751. The van der Waals surface area contributed by atoms with E-state index in [2.05, 4.69) is 5.10 Å². The van der Waals surface area contributed by atoms with Gasteiger partial charge >= 0.3 is 0 Å². The third-order valence-electron chi connectivity index (χ3n) is 3.87. The van der Waals surface area contributed by atoms with Crippen LogP contribution in [0.1, 0.15) is 0 Å². The van der Waals surface area contributed by atoms with E-state index in [4.69, 9.17) is 4.74 Å². The van der Waals surface area contributed by atoms with Gasteiger partial charge in [0.1, 0.15) is 0 Å². The lowest BCUT2D eigenvalue weighted by atomic mass is 10.0. The smallest absolute Gasteiger partial charge is 0.267 e. The van der Waals surface area contributed by atoms with Crippen LogP contribution in [0.4, 0.5) is 0 Å². The standard InChI is InChI=1S/C20H20N2O3/c1-25-14-17(23)13-22-19(24)12-18(15-8-4-2-5-9-15)20(21-22)16-10-6-3-7-11-16/h2-12,17,23H,13-14H2,1H3/t17-/m1/s1. The molecule has 2 aromatic carbocycles. The zero-order valence-electron chi connectivity index (χ0n) is 14.0. The second-order valence-corrected chi connectivity index (χ2v) is 5.77. The molecule has 0 unspecified atom stereocenters. The molecule has 3 rings (SSSR count). The first-order valence-corrected chi connectivity index (χ1v) is 8.09. The summed E-state index contributed by atoms with van der Waals surface area (Å²) in [7, 11) is 1.51. The molecule has 0 aliphatic heterocycles. The second kappa shape index (κ2) is 7.88. The summed E-state index contributed by atoms with van der Waals surface area (Å²) < 4.78 is 6.22. The van der Waals surface area contributed by atoms with E-state index >= 15 is 0 Å². The van der Waals surface area contributed by atoms with E-state index in [1.165, 1.54) is 11.8 Å². The van der Waals surface area contributed by atoms with E-state index in [0.717, 1.165) is 16.7 Å². The highest BCUT2D eigenvalue weighted by Crippen LogP contribution is 2.28. The van der Waals surface area contributed by atoms with Crippen molar-refractivity contribution < 1.29 is 9.84 Å². The molecule has 0 aliphatic carbocycles. The van der Waals surface area contributed by atoms with Gasteiger partial charge in [-0.1, -0.05) is 60.7 Å². The first kappa shape index (κ1) is 17.1. The van der Waals surface area contributed by atoms with Gasteiger partial charge in [0.05, 0.1) is 24.9 Å². The van der Waals surface area contributed by atoms with Gasteiger partial charge in [0, 0.05) is 24.3 Å². The van der Waals surface area contributed by atoms with Gasteiger partial charge in [-0.2, -0.15) is 5.10 Å². The van der Waals surface area contributed by atoms with Crippen molar-refractivity contribution in [1.29, 1.82) is 0 Å². The largest absolute Gasteiger partial charge is 0.389 e. The minimum Gasteiger partial charge on any atom is -0.389 e. The van der Waals surface area contributed by atoms with Crippen molar-refractivity contribution in [3.05, 3.63) is 77.1 Å². The third-order valence-corrected chi connectivity index (χ3v) is 3.87. The van der Waals surface area contributed by atoms with E-state index in [9.17, 15) is 9.90 Å². The molecule has 1 N–H and O–H groups in total. The van der Waals surface area contributed by atoms with E-state index in [0.29, 0.717) is 5.69 Å². The SMILES string of the molecule is COC[C@H](O)Cn1nc(-c2ccccc2)c(-c2ccccc2)cc1=O. The lowest BCUT2D eigenvalue weighted by molar-refractivity contribution is 0.0505. The Labute approximate surface area is 146 Å². The van der Waals surface area contributed by atoms with Crippen LogP contribution in [-0.2, 0) is 11.3 Å². The summed E-state index contributed by atoms with van der Waals surface area (Å²) in [6.45, 7) is 0.233. The summed E-state index contributed by atoms with van der Waals surface area (Å²) in [5, 5.41) is 14.5. The molecule has 5 heteroatoms. The zero-order valence-corrected chi connectivity index (χ0v) is 14.0. The first-order chi connectivity index (χ1) is 12.2. The molecule has 0 bridgehead atoms. The number of aromatic nitrogens is 2. The Hall–Kier alpha value is -2.76. The van der Waals surface area contributed by atoms with Gasteiger partial charge in [0.2, 0.25) is 0 Å². The van der Waals surface area contributed by atoms with E-state index in [-0.39, 0.29) is 18.7 Å². The first-order valence-electron chi connectivity index (χ1n) is 8.09. The van der Waals surface area contributed by atoms with Gasteiger partial charge in [0.25, 0.3) is 5.56 Å². The van der Waals surface area contributed by atoms with Gasteiger partial charge in [-0.25, -0.2) is 4.68 Å². The number of rotatable bonds is 6. The summed E-state index contributed by atoms with van der Waals surface area (Å²) >= 11 is 0. The van der Waals surface area contributed by atoms with E-state index in [1.54, 1.807) is 6.07 Å². The Bertz CT molecular complexity index is 876. The summed E-state index contributed by atoms with van der Waals surface area (Å²) in [6.07, 6.45) is -0.790. The Morgan fingerprint density at radius 2 is 1.64 bits per heavy atom. The van der Waals surface area contributed by atoms with Crippen molar-refractivity contribution >= 4 is 0 Å². The maximum absolute atomic E-state index is 12.5. The fourth-order valence-corrected chi connectivity index (χ4v) is 2.71. The van der Waals surface area contributed by atoms with Crippen molar-refractivity contribution in [3.8, 4) is 22.4 Å². The highest BCUT2D eigenvalue weighted by molar-refractivity contribution is 5.80. The van der Waals surface area contributed by atoms with Crippen LogP contribution >= 0.6 is 0 Å². The molecule has 0 aliphatic rings. The Morgan fingerprint density at radius 1 is 1.04 bits per heavy atom. The molecule has 0 spiro atoms. The molecule has 0 saturated heterocycles. The number of ether oxygens (including phenoxy) is 1. The number of benzene rings is 2. The fraction of sp³-hybridized carbons (Fsp3) is 0.200. The molecule has 1 heterocycles. The zero-order chi connectivity index (χ0) is 17.6. The lowest BCUT2D eigenvalue weighted by Gasteiger charge is -2.15. The summed E-state index contributed by atoms with van der Waals surface area (Å²) in [5.41, 5.74) is 3.06. The molecule has 0 amide bonds. The highest BCUT2D eigenvalue weighted by atomic mass is 16.5. The fourth-order valence-electron chi connectivity index (χ4n) is 2.71. The van der Waals surface area contributed by atoms with Crippen molar-refractivity contribution in [2.45, 2.75) is 12.6 Å². The van der Waals surface area contributed by atoms with Gasteiger partial charge in [-0.05, 0) is 5.56 Å². The summed E-state index contributed by atoms with van der Waals surface area (Å²) in [4.78, 5) is 12.5. The van der Waals surface area contributed by atoms with Crippen LogP contribution in [0.3, 0.4) is 0 Å². The van der Waals surface area contributed by atoms with Crippen molar-refractivity contribution in [2.75, 3.05) is 13.7 Å². The summed E-state index contributed by atoms with van der Waals surface area (Å²) in [5.74, 6) is 0. The molecule has 0 saturated carbocycles. The van der Waals surface area contributed by atoms with Gasteiger partial charge in [0.15, 0.2) is 0 Å². The molecule has 3 aromatic rings. The maximum Gasteiger partial charge on any atom is 0.267 e. The van der Waals surface area contributed by atoms with Crippen molar-refractivity contribution in [3.63, 3.8) is 0 Å². The van der Waals surface area contributed by atoms with Crippen LogP contribution in [0.25, 0.3) is 22.4 Å². The van der Waals surface area contributed by atoms with Gasteiger partial charge < -0.3 is 9.84 Å². The number of aliphatic hydroxyl groups excluding tert-OH is 1. The molecule has 25 heavy (non-hydrogen) atoms. The number of nitrogens with zero attached hydrogens (tertiary/aromatic N) is 2. The Kier molecular flexibility index (Phi) is 5.38. The van der Waals surface area contributed by atoms with Crippen molar-refractivity contribution in [2.24, 2.45) is 0 Å².